The van der Waals surface area contributed by atoms with Crippen molar-refractivity contribution in [3.63, 3.8) is 0 Å². The van der Waals surface area contributed by atoms with Crippen molar-refractivity contribution in [1.82, 2.24) is 0 Å². The van der Waals surface area contributed by atoms with Gasteiger partial charge in [-0.1, -0.05) is 0 Å². The third kappa shape index (κ3) is 3.49. The second-order valence-corrected chi connectivity index (χ2v) is 11.3. The van der Waals surface area contributed by atoms with E-state index in [2.05, 4.69) is 0 Å². The Bertz CT molecular complexity index is 251. The molecule has 2 unspecified atom stereocenters. The standard InChI is InChI=1S/C9H22O6Si3/c1-4-10-16-13-17(11-5-2)15-18(14-16,12-6-3)9-7-8-9/h9,16-17H,4-8H2,1-3H3. The highest BCUT2D eigenvalue weighted by Crippen LogP contribution is 2.48. The van der Waals surface area contributed by atoms with Gasteiger partial charge in [0.2, 0.25) is 0 Å². The van der Waals surface area contributed by atoms with E-state index < -0.39 is 27.9 Å². The lowest BCUT2D eigenvalue weighted by molar-refractivity contribution is 0.0514. The van der Waals surface area contributed by atoms with Crippen LogP contribution in [0.1, 0.15) is 33.6 Å². The SMILES string of the molecule is CCO[SiH]1O[SiH](OCC)O[Si](OCC)(C2CC2)O1. The first-order valence-electron chi connectivity index (χ1n) is 6.62. The van der Waals surface area contributed by atoms with Crippen molar-refractivity contribution in [1.29, 1.82) is 0 Å². The molecule has 2 aliphatic rings. The highest BCUT2D eigenvalue weighted by Gasteiger charge is 2.61. The molecular weight excluding hydrogens is 288 g/mol. The van der Waals surface area contributed by atoms with E-state index in [1.165, 1.54) is 0 Å². The molecule has 0 aromatic carbocycles. The van der Waals surface area contributed by atoms with Crippen LogP contribution in [0.25, 0.3) is 0 Å². The van der Waals surface area contributed by atoms with E-state index in [9.17, 15) is 0 Å². The molecular formula is C9H22O6Si3. The van der Waals surface area contributed by atoms with Crippen LogP contribution in [-0.2, 0) is 25.6 Å². The summed E-state index contributed by atoms with van der Waals surface area (Å²) in [6.45, 7) is 7.62. The summed E-state index contributed by atoms with van der Waals surface area (Å²) >= 11 is 0. The first kappa shape index (κ1) is 14.8. The van der Waals surface area contributed by atoms with Crippen LogP contribution in [0.5, 0.6) is 0 Å². The van der Waals surface area contributed by atoms with Gasteiger partial charge in [0.1, 0.15) is 0 Å². The van der Waals surface area contributed by atoms with Crippen molar-refractivity contribution >= 4 is 27.9 Å². The summed E-state index contributed by atoms with van der Waals surface area (Å²) in [6.07, 6.45) is 2.24. The van der Waals surface area contributed by atoms with E-state index in [-0.39, 0.29) is 0 Å². The molecule has 0 bridgehead atoms. The zero-order valence-electron chi connectivity index (χ0n) is 11.2. The molecule has 2 atom stereocenters. The lowest BCUT2D eigenvalue weighted by Gasteiger charge is -2.39. The minimum absolute atomic E-state index is 0.423. The van der Waals surface area contributed by atoms with Gasteiger partial charge < -0.3 is 25.6 Å². The predicted molar refractivity (Wildman–Crippen MR) is 71.2 cm³/mol. The van der Waals surface area contributed by atoms with E-state index in [0.29, 0.717) is 25.4 Å². The Kier molecular flexibility index (Phi) is 5.53. The van der Waals surface area contributed by atoms with Crippen LogP contribution in [0.2, 0.25) is 5.54 Å². The molecule has 1 saturated heterocycles. The third-order valence-electron chi connectivity index (χ3n) is 2.77. The van der Waals surface area contributed by atoms with E-state index in [0.717, 1.165) is 12.8 Å². The average molecular weight is 311 g/mol. The summed E-state index contributed by atoms with van der Waals surface area (Å²) in [4.78, 5) is 0. The van der Waals surface area contributed by atoms with Gasteiger partial charge in [0, 0.05) is 25.4 Å². The summed E-state index contributed by atoms with van der Waals surface area (Å²) in [6, 6.07) is 0. The van der Waals surface area contributed by atoms with Gasteiger partial charge in [-0.2, -0.15) is 0 Å². The van der Waals surface area contributed by atoms with Crippen LogP contribution in [0.15, 0.2) is 0 Å². The van der Waals surface area contributed by atoms with Crippen LogP contribution < -0.4 is 0 Å². The Morgan fingerprint density at radius 2 is 1.56 bits per heavy atom. The fourth-order valence-corrected chi connectivity index (χ4v) is 12.2. The lowest BCUT2D eigenvalue weighted by Crippen LogP contribution is -2.62. The Morgan fingerprint density at radius 3 is 1.94 bits per heavy atom. The number of hydrogen-bond acceptors (Lipinski definition) is 6. The fraction of sp³-hybridized carbons (Fsp3) is 1.00. The van der Waals surface area contributed by atoms with E-state index in [1.54, 1.807) is 0 Å². The highest BCUT2D eigenvalue weighted by atomic mass is 28.5. The van der Waals surface area contributed by atoms with E-state index >= 15 is 0 Å². The monoisotopic (exact) mass is 310 g/mol. The smallest absolute Gasteiger partial charge is 0.377 e. The van der Waals surface area contributed by atoms with Gasteiger partial charge in [0.25, 0.3) is 0 Å². The van der Waals surface area contributed by atoms with Crippen molar-refractivity contribution < 1.29 is 25.6 Å². The number of rotatable bonds is 7. The Hall–Kier alpha value is 0.411. The van der Waals surface area contributed by atoms with Crippen LogP contribution in [-0.4, -0.2) is 47.7 Å². The molecule has 106 valence electrons. The van der Waals surface area contributed by atoms with Crippen LogP contribution in [0.3, 0.4) is 0 Å². The molecule has 1 saturated carbocycles. The first-order chi connectivity index (χ1) is 8.74. The van der Waals surface area contributed by atoms with E-state index in [1.807, 2.05) is 20.8 Å². The van der Waals surface area contributed by atoms with Gasteiger partial charge in [-0.15, -0.1) is 0 Å². The second-order valence-electron chi connectivity index (χ2n) is 4.17. The van der Waals surface area contributed by atoms with Crippen molar-refractivity contribution in [3.8, 4) is 0 Å². The minimum atomic E-state index is -2.60. The Balaban J connectivity index is 2.05. The van der Waals surface area contributed by atoms with Gasteiger partial charge in [0.05, 0.1) is 0 Å². The van der Waals surface area contributed by atoms with Crippen molar-refractivity contribution in [2.24, 2.45) is 0 Å². The molecule has 6 nitrogen and oxygen atoms in total. The molecule has 2 fully saturated rings. The topological polar surface area (TPSA) is 55.4 Å². The molecule has 0 amide bonds. The van der Waals surface area contributed by atoms with Gasteiger partial charge in [-0.05, 0) is 33.6 Å². The molecule has 0 aromatic heterocycles. The van der Waals surface area contributed by atoms with Gasteiger partial charge in [-0.25, -0.2) is 0 Å². The largest absolute Gasteiger partial charge is 0.489 e. The van der Waals surface area contributed by atoms with Gasteiger partial charge >= 0.3 is 27.9 Å². The summed E-state index contributed by atoms with van der Waals surface area (Å²) < 4.78 is 34.7. The molecule has 9 heteroatoms. The van der Waals surface area contributed by atoms with Crippen molar-refractivity contribution in [2.45, 2.75) is 39.2 Å². The maximum Gasteiger partial charge on any atom is 0.489 e. The first-order valence-corrected chi connectivity index (χ1v) is 11.2. The number of hydrogen-bond donors (Lipinski definition) is 0. The molecule has 0 aromatic rings. The zero-order chi connectivity index (χ0) is 13.0. The maximum absolute atomic E-state index is 6.00. The lowest BCUT2D eigenvalue weighted by atomic mass is 10.9. The quantitative estimate of drug-likeness (QED) is 0.645. The van der Waals surface area contributed by atoms with Gasteiger partial charge in [-0.3, -0.25) is 0 Å². The summed E-state index contributed by atoms with van der Waals surface area (Å²) in [7, 11) is -6.88. The Labute approximate surface area is 113 Å². The summed E-state index contributed by atoms with van der Waals surface area (Å²) in [5.74, 6) is 0. The summed E-state index contributed by atoms with van der Waals surface area (Å²) in [5.41, 5.74) is 0.423. The molecule has 1 aliphatic carbocycles. The minimum Gasteiger partial charge on any atom is -0.377 e. The van der Waals surface area contributed by atoms with Gasteiger partial charge in [0.15, 0.2) is 0 Å². The molecule has 0 spiro atoms. The molecule has 18 heavy (non-hydrogen) atoms. The maximum atomic E-state index is 6.00. The van der Waals surface area contributed by atoms with E-state index in [4.69, 9.17) is 25.6 Å². The third-order valence-corrected chi connectivity index (χ3v) is 12.2. The average Bonchev–Trinajstić information content (AvgIpc) is 3.14. The van der Waals surface area contributed by atoms with Crippen molar-refractivity contribution in [2.75, 3.05) is 19.8 Å². The van der Waals surface area contributed by atoms with Crippen LogP contribution >= 0.6 is 0 Å². The second kappa shape index (κ2) is 6.72. The Morgan fingerprint density at radius 1 is 1.00 bits per heavy atom. The molecule has 1 heterocycles. The predicted octanol–water partition coefficient (Wildman–Crippen LogP) is 0.697. The van der Waals surface area contributed by atoms with Crippen LogP contribution in [0.4, 0.5) is 0 Å². The van der Waals surface area contributed by atoms with Crippen molar-refractivity contribution in [3.05, 3.63) is 0 Å². The molecule has 0 radical (unpaired) electrons. The molecule has 2 rings (SSSR count). The fourth-order valence-electron chi connectivity index (χ4n) is 1.88. The zero-order valence-corrected chi connectivity index (χ0v) is 14.5. The normalized spacial score (nSPS) is 36.8. The molecule has 1 aliphatic heterocycles. The summed E-state index contributed by atoms with van der Waals surface area (Å²) in [5, 5.41) is 0. The molecule has 0 N–H and O–H groups in total. The highest BCUT2D eigenvalue weighted by molar-refractivity contribution is 6.78. The van der Waals surface area contributed by atoms with Crippen LogP contribution in [0, 0.1) is 0 Å².